The number of sulfonamides is 1. The van der Waals surface area contributed by atoms with E-state index in [1.54, 1.807) is 12.1 Å². The summed E-state index contributed by atoms with van der Waals surface area (Å²) in [6.07, 6.45) is 1.08. The van der Waals surface area contributed by atoms with Crippen LogP contribution in [0.25, 0.3) is 11.1 Å². The van der Waals surface area contributed by atoms with Crippen molar-refractivity contribution in [2.75, 3.05) is 55.8 Å². The van der Waals surface area contributed by atoms with Gasteiger partial charge in [-0.1, -0.05) is 66.2 Å². The number of nitrogens with one attached hydrogen (secondary N) is 2. The van der Waals surface area contributed by atoms with Crippen LogP contribution in [0.5, 0.6) is 0 Å². The molecule has 0 bridgehead atoms. The van der Waals surface area contributed by atoms with Crippen molar-refractivity contribution in [3.05, 3.63) is 137 Å². The van der Waals surface area contributed by atoms with Crippen molar-refractivity contribution in [2.45, 2.75) is 71.6 Å². The second-order valence-electron chi connectivity index (χ2n) is 16.4. The average molecular weight is 988 g/mol. The van der Waals surface area contributed by atoms with Gasteiger partial charge in [0.1, 0.15) is 4.90 Å². The predicted octanol–water partition coefficient (Wildman–Crippen LogP) is 9.69. The molecule has 5 aromatic carbocycles. The Morgan fingerprint density at radius 1 is 0.894 bits per heavy atom. The van der Waals surface area contributed by atoms with Crippen molar-refractivity contribution in [1.29, 1.82) is 0 Å². The highest BCUT2D eigenvalue weighted by Crippen LogP contribution is 2.39. The highest BCUT2D eigenvalue weighted by atomic mass is 35.5. The third-order valence-electron chi connectivity index (χ3n) is 11.3. The number of hydrogen-bond acceptors (Lipinski definition) is 11. The molecule has 354 valence electrons. The Labute approximate surface area is 394 Å². The molecule has 1 amide bonds. The van der Waals surface area contributed by atoms with E-state index < -0.39 is 58.9 Å². The molecule has 1 aliphatic heterocycles. The van der Waals surface area contributed by atoms with Crippen molar-refractivity contribution >= 4 is 60.5 Å². The monoisotopic (exact) mass is 986 g/mol. The van der Waals surface area contributed by atoms with Gasteiger partial charge >= 0.3 is 5.51 Å². The van der Waals surface area contributed by atoms with Crippen LogP contribution >= 0.6 is 23.4 Å². The van der Waals surface area contributed by atoms with Gasteiger partial charge in [0, 0.05) is 52.6 Å². The van der Waals surface area contributed by atoms with Gasteiger partial charge < -0.3 is 25.0 Å². The van der Waals surface area contributed by atoms with E-state index in [4.69, 9.17) is 16.3 Å². The summed E-state index contributed by atoms with van der Waals surface area (Å²) in [6.45, 7) is 6.59. The number of carbonyl (C=O) groups excluding carboxylic acids is 1. The Morgan fingerprint density at radius 3 is 2.20 bits per heavy atom. The van der Waals surface area contributed by atoms with E-state index in [-0.39, 0.29) is 17.6 Å². The number of ether oxygens (including phenoxy) is 1. The number of alkyl halides is 3. The normalized spacial score (nSPS) is 14.9. The van der Waals surface area contributed by atoms with Gasteiger partial charge in [0.15, 0.2) is 0 Å². The molecule has 18 heteroatoms. The predicted molar refractivity (Wildman–Crippen MR) is 255 cm³/mol. The summed E-state index contributed by atoms with van der Waals surface area (Å²) >= 11 is 7.53. The number of aliphatic hydroxyl groups excluding tert-OH is 1. The smallest absolute Gasteiger partial charge is 0.388 e. The third kappa shape index (κ3) is 13.3. The number of thioether (sulfide) groups is 1. The Balaban J connectivity index is 1.13. The topological polar surface area (TPSA) is 145 Å². The van der Waals surface area contributed by atoms with Crippen molar-refractivity contribution in [1.82, 2.24) is 9.62 Å². The number of piperidine rings is 1. The number of anilines is 2. The summed E-state index contributed by atoms with van der Waals surface area (Å²) in [5.74, 6) is -0.747. The maximum Gasteiger partial charge on any atom is 0.501 e. The largest absolute Gasteiger partial charge is 0.501 e. The van der Waals surface area contributed by atoms with Crippen molar-refractivity contribution in [3.8, 4) is 11.1 Å². The highest BCUT2D eigenvalue weighted by Gasteiger charge is 2.48. The Bertz CT molecular complexity index is 2620. The number of amides is 1. The molecule has 1 heterocycles. The fourth-order valence-electron chi connectivity index (χ4n) is 7.64. The minimum absolute atomic E-state index is 0.0197. The fraction of sp³-hybridized carbons (Fsp3) is 0.354. The Morgan fingerprint density at radius 2 is 1.55 bits per heavy atom. The number of benzene rings is 5. The van der Waals surface area contributed by atoms with Crippen LogP contribution in [0.4, 0.5) is 24.5 Å². The van der Waals surface area contributed by atoms with Gasteiger partial charge in [-0.15, -0.1) is 11.8 Å². The quantitative estimate of drug-likeness (QED) is 0.0641. The van der Waals surface area contributed by atoms with E-state index in [2.05, 4.69) is 10.2 Å². The molecule has 0 spiro atoms. The van der Waals surface area contributed by atoms with E-state index >= 15 is 0 Å². The van der Waals surface area contributed by atoms with Crippen molar-refractivity contribution in [2.24, 2.45) is 5.92 Å². The van der Waals surface area contributed by atoms with Gasteiger partial charge in [-0.25, -0.2) is 21.6 Å². The lowest BCUT2D eigenvalue weighted by atomic mass is 9.84. The number of sulfone groups is 1. The van der Waals surface area contributed by atoms with E-state index in [0.717, 1.165) is 39.4 Å². The number of likely N-dealkylation sites (N-methyl/N-ethyl adjacent to an activating group) is 1. The second-order valence-corrected chi connectivity index (χ2v) is 21.6. The maximum absolute atomic E-state index is 14.2. The zero-order chi connectivity index (χ0) is 47.6. The SMILES string of the molecule is CC(C)OCCN(C)CC[C@H](CSc1ccccc1)Nc1ccc(S(=O)(=O)NC(=O)c2ccc(N3CCC([C@@H](O)c4ccccc4-c4ccc(Cl)cc4)CC3)cc2)cc1S(=O)(=O)C(F)(F)F. The second kappa shape index (κ2) is 22.5. The lowest BCUT2D eigenvalue weighted by molar-refractivity contribution is -0.0435. The Hall–Kier alpha value is -4.62. The van der Waals surface area contributed by atoms with Gasteiger partial charge in [0.05, 0.1) is 29.4 Å². The van der Waals surface area contributed by atoms with Crippen LogP contribution in [-0.2, 0) is 24.6 Å². The van der Waals surface area contributed by atoms with Crippen molar-refractivity contribution < 1.29 is 44.6 Å². The van der Waals surface area contributed by atoms with Crippen LogP contribution < -0.4 is 14.9 Å². The number of nitrogens with zero attached hydrogens (tertiary/aromatic N) is 2. The van der Waals surface area contributed by atoms with Crippen LogP contribution in [0.15, 0.2) is 136 Å². The van der Waals surface area contributed by atoms with Gasteiger partial charge in [0.25, 0.3) is 25.8 Å². The van der Waals surface area contributed by atoms with E-state index in [9.17, 15) is 39.9 Å². The molecular formula is C48H54ClF3N4O7S3. The molecule has 0 aliphatic carbocycles. The van der Waals surface area contributed by atoms with Gasteiger partial charge in [-0.3, -0.25) is 4.79 Å². The molecule has 66 heavy (non-hydrogen) atoms. The summed E-state index contributed by atoms with van der Waals surface area (Å²) in [4.78, 5) is 16.2. The lowest BCUT2D eigenvalue weighted by Crippen LogP contribution is -2.36. The molecule has 11 nitrogen and oxygen atoms in total. The summed E-state index contributed by atoms with van der Waals surface area (Å²) in [5.41, 5.74) is -2.77. The molecule has 0 aromatic heterocycles. The molecule has 1 aliphatic rings. The molecule has 0 saturated carbocycles. The summed E-state index contributed by atoms with van der Waals surface area (Å²) in [7, 11) is -9.09. The molecule has 0 unspecified atom stereocenters. The van der Waals surface area contributed by atoms with E-state index in [1.807, 2.05) is 109 Å². The molecule has 0 radical (unpaired) electrons. The van der Waals surface area contributed by atoms with Crippen LogP contribution in [0.1, 0.15) is 55.1 Å². The zero-order valence-corrected chi connectivity index (χ0v) is 40.0. The summed E-state index contributed by atoms with van der Waals surface area (Å²) in [6, 6.07) is 32.5. The number of hydrogen-bond donors (Lipinski definition) is 3. The third-order valence-corrected chi connectivity index (χ3v) is 15.6. The van der Waals surface area contributed by atoms with Crippen molar-refractivity contribution in [3.63, 3.8) is 0 Å². The van der Waals surface area contributed by atoms with E-state index in [0.29, 0.717) is 68.9 Å². The van der Waals surface area contributed by atoms with Crippen LogP contribution in [0, 0.1) is 5.92 Å². The number of carbonyl (C=O) groups is 1. The lowest BCUT2D eigenvalue weighted by Gasteiger charge is -2.36. The van der Waals surface area contributed by atoms with Crippen LogP contribution in [0.3, 0.4) is 0 Å². The maximum atomic E-state index is 14.2. The number of aliphatic hydroxyl groups is 1. The molecule has 6 rings (SSSR count). The average Bonchev–Trinajstić information content (AvgIpc) is 3.29. The summed E-state index contributed by atoms with van der Waals surface area (Å²) < 4.78 is 103. The molecule has 1 fully saturated rings. The Kier molecular flexibility index (Phi) is 17.3. The molecule has 3 N–H and O–H groups in total. The minimum atomic E-state index is -6.08. The molecule has 5 aromatic rings. The van der Waals surface area contributed by atoms with Crippen LogP contribution in [-0.4, -0.2) is 96.0 Å². The summed E-state index contributed by atoms with van der Waals surface area (Å²) in [5, 5.41) is 15.1. The molecule has 2 atom stereocenters. The highest BCUT2D eigenvalue weighted by molar-refractivity contribution is 7.99. The first-order chi connectivity index (χ1) is 31.3. The fourth-order valence-corrected chi connectivity index (χ4v) is 10.8. The first-order valence-electron chi connectivity index (χ1n) is 21.5. The number of halogens is 4. The van der Waals surface area contributed by atoms with Gasteiger partial charge in [-0.2, -0.15) is 13.2 Å². The number of rotatable bonds is 20. The van der Waals surface area contributed by atoms with Gasteiger partial charge in [-0.05, 0) is 136 Å². The first kappa shape index (κ1) is 50.8. The standard InChI is InChI=1S/C48H54ClF3N4O7S3/c1-33(2)63-30-29-55(3)26-25-38(32-64-40-9-5-4-6-10-40)53-44-22-21-41(31-45(44)65(59,60)48(50,51)52)66(61,62)54-47(58)36-15-19-39(20-16-36)56-27-23-35(24-28-56)46(57)43-12-8-7-11-42(43)34-13-17-37(49)18-14-34/h4-22,31,33,35,38,46,53,57H,23-30,32H2,1-3H3,(H,54,58)/t38-,46-/m1/s1. The zero-order valence-electron chi connectivity index (χ0n) is 36.7. The van der Waals surface area contributed by atoms with E-state index in [1.165, 1.54) is 23.9 Å². The van der Waals surface area contributed by atoms with Crippen LogP contribution in [0.2, 0.25) is 5.02 Å². The molecular weight excluding hydrogens is 933 g/mol. The minimum Gasteiger partial charge on any atom is -0.388 e. The van der Waals surface area contributed by atoms with Gasteiger partial charge in [0.2, 0.25) is 0 Å². The first-order valence-corrected chi connectivity index (χ1v) is 25.8. The molecule has 1 saturated heterocycles.